The summed E-state index contributed by atoms with van der Waals surface area (Å²) >= 11 is 0. The van der Waals surface area contributed by atoms with Crippen molar-refractivity contribution >= 4 is 5.69 Å². The number of aryl methyl sites for hydroxylation is 3. The summed E-state index contributed by atoms with van der Waals surface area (Å²) in [4.78, 5) is 4.41. The van der Waals surface area contributed by atoms with E-state index in [2.05, 4.69) is 37.0 Å². The van der Waals surface area contributed by atoms with Gasteiger partial charge in [-0.05, 0) is 38.0 Å². The van der Waals surface area contributed by atoms with Crippen LogP contribution in [0.2, 0.25) is 0 Å². The van der Waals surface area contributed by atoms with Crippen LogP contribution in [-0.4, -0.2) is 4.98 Å². The zero-order valence-corrected chi connectivity index (χ0v) is 9.91. The molecule has 2 N–H and O–H groups in total. The van der Waals surface area contributed by atoms with Crippen LogP contribution in [0, 0.1) is 20.8 Å². The van der Waals surface area contributed by atoms with E-state index in [1.807, 2.05) is 13.0 Å². The van der Waals surface area contributed by atoms with Crippen LogP contribution >= 0.6 is 0 Å². The molecule has 82 valence electrons. The van der Waals surface area contributed by atoms with Gasteiger partial charge in [-0.15, -0.1) is 0 Å². The highest BCUT2D eigenvalue weighted by Gasteiger charge is 2.06. The molecule has 0 aliphatic carbocycles. The molecule has 0 saturated carbocycles. The zero-order chi connectivity index (χ0) is 11.7. The summed E-state index contributed by atoms with van der Waals surface area (Å²) in [6, 6.07) is 8.37. The highest BCUT2D eigenvalue weighted by molar-refractivity contribution is 5.68. The van der Waals surface area contributed by atoms with Gasteiger partial charge in [0.05, 0.1) is 17.6 Å². The van der Waals surface area contributed by atoms with Crippen LogP contribution in [0.1, 0.15) is 16.7 Å². The van der Waals surface area contributed by atoms with Gasteiger partial charge in [-0.1, -0.05) is 23.8 Å². The monoisotopic (exact) mass is 212 g/mol. The van der Waals surface area contributed by atoms with Crippen molar-refractivity contribution in [3.05, 3.63) is 47.2 Å². The van der Waals surface area contributed by atoms with Crippen LogP contribution in [0.25, 0.3) is 11.3 Å². The highest BCUT2D eigenvalue weighted by Crippen LogP contribution is 2.26. The van der Waals surface area contributed by atoms with Gasteiger partial charge in [-0.2, -0.15) is 0 Å². The molecular weight excluding hydrogens is 196 g/mol. The third-order valence-electron chi connectivity index (χ3n) is 2.74. The fourth-order valence-electron chi connectivity index (χ4n) is 1.96. The number of nitrogen functional groups attached to an aromatic ring is 1. The second-order valence-corrected chi connectivity index (χ2v) is 4.25. The van der Waals surface area contributed by atoms with Crippen LogP contribution in [0.3, 0.4) is 0 Å². The molecule has 16 heavy (non-hydrogen) atoms. The lowest BCUT2D eigenvalue weighted by atomic mass is 10.00. The molecule has 0 aliphatic heterocycles. The minimum atomic E-state index is 0.714. The largest absolute Gasteiger partial charge is 0.397 e. The quantitative estimate of drug-likeness (QED) is 0.788. The Morgan fingerprint density at radius 2 is 1.75 bits per heavy atom. The molecule has 0 amide bonds. The fourth-order valence-corrected chi connectivity index (χ4v) is 1.96. The van der Waals surface area contributed by atoms with E-state index in [1.54, 1.807) is 6.20 Å². The summed E-state index contributed by atoms with van der Waals surface area (Å²) in [7, 11) is 0. The zero-order valence-electron chi connectivity index (χ0n) is 9.91. The molecule has 2 nitrogen and oxygen atoms in total. The van der Waals surface area contributed by atoms with Gasteiger partial charge < -0.3 is 5.73 Å². The van der Waals surface area contributed by atoms with Gasteiger partial charge in [0.15, 0.2) is 0 Å². The van der Waals surface area contributed by atoms with Gasteiger partial charge in [-0.3, -0.25) is 4.98 Å². The second-order valence-electron chi connectivity index (χ2n) is 4.25. The van der Waals surface area contributed by atoms with E-state index >= 15 is 0 Å². The van der Waals surface area contributed by atoms with Crippen LogP contribution in [0.4, 0.5) is 5.69 Å². The molecule has 0 radical (unpaired) electrons. The summed E-state index contributed by atoms with van der Waals surface area (Å²) in [5, 5.41) is 0. The molecule has 0 bridgehead atoms. The third kappa shape index (κ3) is 1.91. The molecular formula is C14H16N2. The summed E-state index contributed by atoms with van der Waals surface area (Å²) in [6.07, 6.45) is 1.71. The smallest absolute Gasteiger partial charge is 0.0735 e. The number of nitrogens with two attached hydrogens (primary N) is 1. The molecule has 0 spiro atoms. The molecule has 2 heteroatoms. The number of hydrogen-bond acceptors (Lipinski definition) is 2. The first-order valence-electron chi connectivity index (χ1n) is 5.37. The van der Waals surface area contributed by atoms with Gasteiger partial charge in [0.2, 0.25) is 0 Å². The Bertz CT molecular complexity index is 481. The molecule has 0 fully saturated rings. The highest BCUT2D eigenvalue weighted by atomic mass is 14.7. The van der Waals surface area contributed by atoms with E-state index in [-0.39, 0.29) is 0 Å². The van der Waals surface area contributed by atoms with Gasteiger partial charge >= 0.3 is 0 Å². The van der Waals surface area contributed by atoms with E-state index in [4.69, 9.17) is 5.73 Å². The van der Waals surface area contributed by atoms with Crippen LogP contribution in [-0.2, 0) is 0 Å². The van der Waals surface area contributed by atoms with Crippen LogP contribution < -0.4 is 5.73 Å². The first-order valence-corrected chi connectivity index (χ1v) is 5.37. The number of nitrogens with zero attached hydrogens (tertiary/aromatic N) is 1. The average molecular weight is 212 g/mol. The topological polar surface area (TPSA) is 38.9 Å². The Morgan fingerprint density at radius 3 is 2.38 bits per heavy atom. The minimum absolute atomic E-state index is 0.714. The predicted octanol–water partition coefficient (Wildman–Crippen LogP) is 3.26. The molecule has 0 atom stereocenters. The third-order valence-corrected chi connectivity index (χ3v) is 2.74. The maximum Gasteiger partial charge on any atom is 0.0735 e. The van der Waals surface area contributed by atoms with Crippen molar-refractivity contribution in [2.75, 3.05) is 5.73 Å². The van der Waals surface area contributed by atoms with Gasteiger partial charge in [0.25, 0.3) is 0 Å². The normalized spacial score (nSPS) is 10.4. The fraction of sp³-hybridized carbons (Fsp3) is 0.214. The number of rotatable bonds is 1. The molecule has 2 rings (SSSR count). The molecule has 0 saturated heterocycles. The van der Waals surface area contributed by atoms with Gasteiger partial charge in [0.1, 0.15) is 0 Å². The van der Waals surface area contributed by atoms with E-state index in [9.17, 15) is 0 Å². The number of hydrogen-bond donors (Lipinski definition) is 1. The maximum atomic E-state index is 5.71. The molecule has 1 aromatic heterocycles. The SMILES string of the molecule is Cc1ccc(-c2ncc(N)cc2C)c(C)c1. The van der Waals surface area contributed by atoms with Crippen molar-refractivity contribution in [1.29, 1.82) is 0 Å². The standard InChI is InChI=1S/C14H16N2/c1-9-4-5-13(10(2)6-9)14-11(3)7-12(15)8-16-14/h4-8H,15H2,1-3H3. The Kier molecular flexibility index (Phi) is 2.65. The molecule has 1 aromatic carbocycles. The van der Waals surface area contributed by atoms with Crippen molar-refractivity contribution in [1.82, 2.24) is 4.98 Å². The Labute approximate surface area is 96.1 Å². The van der Waals surface area contributed by atoms with Crippen molar-refractivity contribution in [2.24, 2.45) is 0 Å². The molecule has 1 heterocycles. The lowest BCUT2D eigenvalue weighted by Gasteiger charge is -2.09. The molecule has 0 unspecified atom stereocenters. The predicted molar refractivity (Wildman–Crippen MR) is 68.3 cm³/mol. The molecule has 2 aromatic rings. The van der Waals surface area contributed by atoms with Crippen molar-refractivity contribution in [3.63, 3.8) is 0 Å². The summed E-state index contributed by atoms with van der Waals surface area (Å²) in [5.41, 5.74) is 12.3. The first-order chi connectivity index (χ1) is 7.58. The molecule has 0 aliphatic rings. The number of pyridine rings is 1. The van der Waals surface area contributed by atoms with Gasteiger partial charge in [-0.25, -0.2) is 0 Å². The van der Waals surface area contributed by atoms with Crippen molar-refractivity contribution in [3.8, 4) is 11.3 Å². The Balaban J connectivity index is 2.59. The number of anilines is 1. The maximum absolute atomic E-state index is 5.71. The number of aromatic nitrogens is 1. The average Bonchev–Trinajstić information content (AvgIpc) is 2.19. The van der Waals surface area contributed by atoms with E-state index < -0.39 is 0 Å². The lowest BCUT2D eigenvalue weighted by molar-refractivity contribution is 1.25. The Hall–Kier alpha value is -1.83. The van der Waals surface area contributed by atoms with Crippen LogP contribution in [0.15, 0.2) is 30.5 Å². The summed E-state index contributed by atoms with van der Waals surface area (Å²) in [6.45, 7) is 6.25. The first kappa shape index (κ1) is 10.7. The minimum Gasteiger partial charge on any atom is -0.397 e. The Morgan fingerprint density at radius 1 is 1.00 bits per heavy atom. The summed E-state index contributed by atoms with van der Waals surface area (Å²) < 4.78 is 0. The second kappa shape index (κ2) is 3.97. The van der Waals surface area contributed by atoms with E-state index in [0.717, 1.165) is 11.3 Å². The van der Waals surface area contributed by atoms with E-state index in [1.165, 1.54) is 16.7 Å². The number of benzene rings is 1. The van der Waals surface area contributed by atoms with Crippen molar-refractivity contribution in [2.45, 2.75) is 20.8 Å². The van der Waals surface area contributed by atoms with E-state index in [0.29, 0.717) is 5.69 Å². The lowest BCUT2D eigenvalue weighted by Crippen LogP contribution is -1.94. The van der Waals surface area contributed by atoms with Crippen LogP contribution in [0.5, 0.6) is 0 Å². The van der Waals surface area contributed by atoms with Gasteiger partial charge in [0, 0.05) is 5.56 Å². The summed E-state index contributed by atoms with van der Waals surface area (Å²) in [5.74, 6) is 0. The van der Waals surface area contributed by atoms with Crippen molar-refractivity contribution < 1.29 is 0 Å².